The third kappa shape index (κ3) is 2.88. The molecule has 2 N–H and O–H groups in total. The summed E-state index contributed by atoms with van der Waals surface area (Å²) in [5.41, 5.74) is 2.94. The second-order valence-electron chi connectivity index (χ2n) is 6.27. The van der Waals surface area contributed by atoms with Gasteiger partial charge in [0.15, 0.2) is 0 Å². The van der Waals surface area contributed by atoms with Crippen LogP contribution in [0.3, 0.4) is 0 Å². The van der Waals surface area contributed by atoms with Crippen molar-refractivity contribution in [3.05, 3.63) is 44.8 Å². The zero-order chi connectivity index (χ0) is 17.6. The van der Waals surface area contributed by atoms with Gasteiger partial charge in [-0.2, -0.15) is 0 Å². The summed E-state index contributed by atoms with van der Waals surface area (Å²) in [6, 6.07) is 5.56. The molecule has 0 bridgehead atoms. The van der Waals surface area contributed by atoms with Gasteiger partial charge >= 0.3 is 0 Å². The predicted molar refractivity (Wildman–Crippen MR) is 101 cm³/mol. The zero-order valence-corrected chi connectivity index (χ0v) is 15.8. The van der Waals surface area contributed by atoms with Gasteiger partial charge in [0.2, 0.25) is 0 Å². The molecule has 2 aromatic rings. The van der Waals surface area contributed by atoms with Crippen LogP contribution in [0.25, 0.3) is 0 Å². The van der Waals surface area contributed by atoms with Gasteiger partial charge in [-0.15, -0.1) is 11.3 Å². The Bertz CT molecular complexity index is 836. The van der Waals surface area contributed by atoms with E-state index in [1.807, 2.05) is 18.2 Å². The summed E-state index contributed by atoms with van der Waals surface area (Å²) >= 11 is 7.93. The second kappa shape index (κ2) is 6.52. The van der Waals surface area contributed by atoms with Crippen LogP contribution < -0.4 is 15.4 Å². The zero-order valence-electron chi connectivity index (χ0n) is 14.2. The van der Waals surface area contributed by atoms with Gasteiger partial charge in [-0.3, -0.25) is 9.69 Å². The first-order valence-corrected chi connectivity index (χ1v) is 9.58. The summed E-state index contributed by atoms with van der Waals surface area (Å²) in [6.45, 7) is 5.15. The number of amides is 1. The van der Waals surface area contributed by atoms with Crippen molar-refractivity contribution in [3.63, 3.8) is 0 Å². The van der Waals surface area contributed by atoms with Gasteiger partial charge in [0.1, 0.15) is 16.9 Å². The highest BCUT2D eigenvalue weighted by Gasteiger charge is 2.33. The fourth-order valence-electron chi connectivity index (χ4n) is 3.47. The molecule has 0 saturated carbocycles. The highest BCUT2D eigenvalue weighted by Crippen LogP contribution is 2.41. The molecule has 0 unspecified atom stereocenters. The molecule has 1 aromatic carbocycles. The predicted octanol–water partition coefficient (Wildman–Crippen LogP) is 3.64. The molecule has 0 aliphatic carbocycles. The van der Waals surface area contributed by atoms with Crippen molar-refractivity contribution in [2.45, 2.75) is 26.1 Å². The number of benzene rings is 1. The van der Waals surface area contributed by atoms with Gasteiger partial charge in [-0.05, 0) is 36.2 Å². The first-order chi connectivity index (χ1) is 12.1. The molecular weight excluding hydrogens is 358 g/mol. The highest BCUT2D eigenvalue weighted by molar-refractivity contribution is 7.16. The Hall–Kier alpha value is -1.76. The molecule has 25 heavy (non-hydrogen) atoms. The van der Waals surface area contributed by atoms with Crippen LogP contribution in [0.2, 0.25) is 5.02 Å². The van der Waals surface area contributed by atoms with E-state index in [0.29, 0.717) is 10.8 Å². The molecule has 1 atom stereocenters. The van der Waals surface area contributed by atoms with Crippen molar-refractivity contribution in [2.24, 2.45) is 0 Å². The van der Waals surface area contributed by atoms with Gasteiger partial charge in [0, 0.05) is 18.0 Å². The third-order valence-corrected chi connectivity index (χ3v) is 6.31. The minimum atomic E-state index is -0.286. The van der Waals surface area contributed by atoms with Crippen LogP contribution >= 0.6 is 22.9 Å². The van der Waals surface area contributed by atoms with Crippen molar-refractivity contribution in [3.8, 4) is 5.75 Å². The van der Waals surface area contributed by atoms with Crippen molar-refractivity contribution < 1.29 is 9.53 Å². The van der Waals surface area contributed by atoms with E-state index in [-0.39, 0.29) is 12.1 Å². The molecule has 0 saturated heterocycles. The topological polar surface area (TPSA) is 53.6 Å². The Morgan fingerprint density at radius 1 is 1.40 bits per heavy atom. The third-order valence-electron chi connectivity index (χ3n) is 4.87. The molecule has 0 fully saturated rings. The Labute approximate surface area is 155 Å². The van der Waals surface area contributed by atoms with Gasteiger partial charge < -0.3 is 15.4 Å². The number of anilines is 1. The van der Waals surface area contributed by atoms with E-state index < -0.39 is 0 Å². The maximum absolute atomic E-state index is 12.7. The summed E-state index contributed by atoms with van der Waals surface area (Å²) in [5, 5.41) is 8.02. The molecule has 7 heteroatoms. The Morgan fingerprint density at radius 2 is 2.24 bits per heavy atom. The van der Waals surface area contributed by atoms with E-state index in [9.17, 15) is 4.79 Å². The molecule has 0 spiro atoms. The SMILES string of the molecule is CCN1CCc2c(sc3c2C(=O)N[C@H](c2ccc(OC)c(Cl)c2)N3)C1. The van der Waals surface area contributed by atoms with E-state index in [1.165, 1.54) is 10.4 Å². The first-order valence-electron chi connectivity index (χ1n) is 8.38. The standard InChI is InChI=1S/C18H20ClN3O2S/c1-3-22-7-6-11-14(9-22)25-18-15(11)17(23)20-16(21-18)10-4-5-13(24-2)12(19)8-10/h4-5,8,16,21H,3,6-7,9H2,1-2H3,(H,20,23)/t16-/m0/s1. The lowest BCUT2D eigenvalue weighted by Crippen LogP contribution is -2.38. The minimum absolute atomic E-state index is 0.00635. The molecule has 4 rings (SSSR count). The van der Waals surface area contributed by atoms with Crippen LogP contribution in [0, 0.1) is 0 Å². The van der Waals surface area contributed by atoms with Gasteiger partial charge in [0.25, 0.3) is 5.91 Å². The lowest BCUT2D eigenvalue weighted by atomic mass is 10.0. The van der Waals surface area contributed by atoms with Crippen molar-refractivity contribution in [1.82, 2.24) is 10.2 Å². The molecule has 2 aliphatic heterocycles. The van der Waals surface area contributed by atoms with Crippen LogP contribution in [0.4, 0.5) is 5.00 Å². The van der Waals surface area contributed by atoms with E-state index in [2.05, 4.69) is 22.5 Å². The molecule has 2 aliphatic rings. The van der Waals surface area contributed by atoms with Crippen molar-refractivity contribution in [1.29, 1.82) is 0 Å². The molecular formula is C18H20ClN3O2S. The number of ether oxygens (including phenoxy) is 1. The van der Waals surface area contributed by atoms with E-state index in [1.54, 1.807) is 18.4 Å². The maximum atomic E-state index is 12.7. The van der Waals surface area contributed by atoms with Gasteiger partial charge in [0.05, 0.1) is 17.7 Å². The number of likely N-dealkylation sites (N-methyl/N-ethyl adjacent to an activating group) is 1. The smallest absolute Gasteiger partial charge is 0.256 e. The lowest BCUT2D eigenvalue weighted by Gasteiger charge is -2.28. The summed E-state index contributed by atoms with van der Waals surface area (Å²) < 4.78 is 5.20. The van der Waals surface area contributed by atoms with Gasteiger partial charge in [-0.1, -0.05) is 24.6 Å². The number of hydrogen-bond acceptors (Lipinski definition) is 5. The molecule has 132 valence electrons. The lowest BCUT2D eigenvalue weighted by molar-refractivity contribution is 0.0934. The summed E-state index contributed by atoms with van der Waals surface area (Å²) in [4.78, 5) is 16.5. The number of fused-ring (bicyclic) bond motifs is 3. The number of hydrogen-bond donors (Lipinski definition) is 2. The molecule has 1 aromatic heterocycles. The average molecular weight is 378 g/mol. The van der Waals surface area contributed by atoms with Crippen LogP contribution in [0.5, 0.6) is 5.75 Å². The molecule has 1 amide bonds. The number of nitrogens with one attached hydrogen (secondary N) is 2. The number of carbonyl (C=O) groups excluding carboxylic acids is 1. The summed E-state index contributed by atoms with van der Waals surface area (Å²) in [7, 11) is 1.59. The normalized spacial score (nSPS) is 19.6. The number of nitrogens with zero attached hydrogens (tertiary/aromatic N) is 1. The monoisotopic (exact) mass is 377 g/mol. The van der Waals surface area contributed by atoms with E-state index >= 15 is 0 Å². The Kier molecular flexibility index (Phi) is 4.35. The maximum Gasteiger partial charge on any atom is 0.256 e. The van der Waals surface area contributed by atoms with Crippen molar-refractivity contribution >= 4 is 33.8 Å². The number of halogens is 1. The van der Waals surface area contributed by atoms with E-state index in [4.69, 9.17) is 16.3 Å². The van der Waals surface area contributed by atoms with Crippen LogP contribution in [-0.2, 0) is 13.0 Å². The molecule has 5 nitrogen and oxygen atoms in total. The summed E-state index contributed by atoms with van der Waals surface area (Å²) in [6.07, 6.45) is 0.647. The number of carbonyl (C=O) groups is 1. The van der Waals surface area contributed by atoms with Crippen molar-refractivity contribution in [2.75, 3.05) is 25.5 Å². The average Bonchev–Trinajstić information content (AvgIpc) is 2.99. The Morgan fingerprint density at radius 3 is 2.96 bits per heavy atom. The van der Waals surface area contributed by atoms with Crippen LogP contribution in [-0.4, -0.2) is 31.0 Å². The van der Waals surface area contributed by atoms with Crippen LogP contribution in [0.1, 0.15) is 39.5 Å². The number of methoxy groups -OCH3 is 1. The largest absolute Gasteiger partial charge is 0.495 e. The fourth-order valence-corrected chi connectivity index (χ4v) is 5.05. The first kappa shape index (κ1) is 16.7. The summed E-state index contributed by atoms with van der Waals surface area (Å²) in [5.74, 6) is 0.618. The quantitative estimate of drug-likeness (QED) is 0.857. The minimum Gasteiger partial charge on any atom is -0.495 e. The molecule has 3 heterocycles. The van der Waals surface area contributed by atoms with E-state index in [0.717, 1.165) is 42.2 Å². The number of rotatable bonds is 3. The van der Waals surface area contributed by atoms with Crippen LogP contribution in [0.15, 0.2) is 18.2 Å². The number of thiophene rings is 1. The second-order valence-corrected chi connectivity index (χ2v) is 7.78. The Balaban J connectivity index is 1.65. The molecule has 0 radical (unpaired) electrons. The highest BCUT2D eigenvalue weighted by atomic mass is 35.5. The van der Waals surface area contributed by atoms with Gasteiger partial charge in [-0.25, -0.2) is 0 Å². The fraction of sp³-hybridized carbons (Fsp3) is 0.389.